The minimum atomic E-state index is -0.575. The lowest BCUT2D eigenvalue weighted by molar-refractivity contribution is 0.253. The number of amides is 2. The second-order valence-corrected chi connectivity index (χ2v) is 5.61. The van der Waals surface area contributed by atoms with Crippen LogP contribution in [0.4, 0.5) is 22.1 Å². The fraction of sp³-hybridized carbons (Fsp3) is 0.0526. The van der Waals surface area contributed by atoms with Gasteiger partial charge in [0, 0.05) is 23.6 Å². The van der Waals surface area contributed by atoms with Crippen molar-refractivity contribution >= 4 is 23.4 Å². The summed E-state index contributed by atoms with van der Waals surface area (Å²) < 4.78 is 0. The quantitative estimate of drug-likeness (QED) is 0.606. The molecule has 3 rings (SSSR count). The van der Waals surface area contributed by atoms with Gasteiger partial charge in [0.05, 0.1) is 6.54 Å². The molecule has 8 heteroatoms. The van der Waals surface area contributed by atoms with Gasteiger partial charge < -0.3 is 17.2 Å². The second kappa shape index (κ2) is 7.84. The molecule has 2 amide bonds. The Hall–Kier alpha value is -4.12. The first-order chi connectivity index (χ1) is 13.0. The Balaban J connectivity index is 1.90. The van der Waals surface area contributed by atoms with E-state index < -0.39 is 6.03 Å². The van der Waals surface area contributed by atoms with Crippen LogP contribution in [0, 0.1) is 11.8 Å². The predicted octanol–water partition coefficient (Wildman–Crippen LogP) is 1.52. The van der Waals surface area contributed by atoms with Crippen LogP contribution in [0.2, 0.25) is 0 Å². The van der Waals surface area contributed by atoms with E-state index in [-0.39, 0.29) is 11.6 Å². The van der Waals surface area contributed by atoms with Crippen LogP contribution in [0.25, 0.3) is 0 Å². The average molecular weight is 359 g/mol. The monoisotopic (exact) mass is 359 g/mol. The third-order valence-electron chi connectivity index (χ3n) is 3.73. The maximum Gasteiger partial charge on any atom is 0.319 e. The van der Waals surface area contributed by atoms with E-state index >= 15 is 0 Å². The van der Waals surface area contributed by atoms with Crippen molar-refractivity contribution in [2.24, 2.45) is 5.73 Å². The van der Waals surface area contributed by atoms with Gasteiger partial charge in [0.1, 0.15) is 23.5 Å². The lowest BCUT2D eigenvalue weighted by Gasteiger charge is -2.20. The van der Waals surface area contributed by atoms with Crippen molar-refractivity contribution in [3.63, 3.8) is 0 Å². The minimum Gasteiger partial charge on any atom is -0.382 e. The van der Waals surface area contributed by atoms with Crippen LogP contribution in [0.5, 0.6) is 0 Å². The molecule has 2 heterocycles. The van der Waals surface area contributed by atoms with Gasteiger partial charge in [-0.15, -0.1) is 0 Å². The molecular formula is C19H17N7O. The zero-order valence-corrected chi connectivity index (χ0v) is 14.3. The Bertz CT molecular complexity index is 1000. The number of benzene rings is 1. The first-order valence-corrected chi connectivity index (χ1v) is 7.98. The van der Waals surface area contributed by atoms with E-state index in [1.807, 2.05) is 6.07 Å². The van der Waals surface area contributed by atoms with Crippen LogP contribution in [0.3, 0.4) is 0 Å². The number of nitrogens with two attached hydrogens (primary N) is 3. The van der Waals surface area contributed by atoms with E-state index in [1.165, 1.54) is 11.2 Å². The molecule has 0 saturated heterocycles. The van der Waals surface area contributed by atoms with Gasteiger partial charge in [0.2, 0.25) is 0 Å². The van der Waals surface area contributed by atoms with E-state index in [2.05, 4.69) is 26.8 Å². The van der Waals surface area contributed by atoms with E-state index in [0.29, 0.717) is 23.4 Å². The van der Waals surface area contributed by atoms with Crippen LogP contribution < -0.4 is 22.1 Å². The summed E-state index contributed by atoms with van der Waals surface area (Å²) in [5.41, 5.74) is 19.6. The Kier molecular flexibility index (Phi) is 5.14. The maximum atomic E-state index is 11.9. The molecule has 27 heavy (non-hydrogen) atoms. The summed E-state index contributed by atoms with van der Waals surface area (Å²) in [6, 6.07) is 10.2. The highest BCUT2D eigenvalue weighted by Crippen LogP contribution is 2.19. The van der Waals surface area contributed by atoms with Gasteiger partial charge in [0.25, 0.3) is 0 Å². The van der Waals surface area contributed by atoms with E-state index in [9.17, 15) is 4.79 Å². The summed E-state index contributed by atoms with van der Waals surface area (Å²) in [6.07, 6.45) is 4.62. The predicted molar refractivity (Wildman–Crippen MR) is 103 cm³/mol. The van der Waals surface area contributed by atoms with Gasteiger partial charge in [-0.05, 0) is 29.8 Å². The number of urea groups is 1. The van der Waals surface area contributed by atoms with Gasteiger partial charge in [-0.1, -0.05) is 24.0 Å². The molecule has 134 valence electrons. The highest BCUT2D eigenvalue weighted by atomic mass is 16.2. The molecule has 3 aromatic rings. The molecule has 8 nitrogen and oxygen atoms in total. The van der Waals surface area contributed by atoms with Crippen molar-refractivity contribution in [1.82, 2.24) is 15.0 Å². The summed E-state index contributed by atoms with van der Waals surface area (Å²) in [4.78, 5) is 25.2. The molecule has 0 aliphatic carbocycles. The molecule has 0 bridgehead atoms. The summed E-state index contributed by atoms with van der Waals surface area (Å²) in [7, 11) is 0. The van der Waals surface area contributed by atoms with Gasteiger partial charge >= 0.3 is 6.03 Å². The number of carbonyl (C=O) groups excluding carboxylic acids is 1. The first kappa shape index (κ1) is 17.7. The second-order valence-electron chi connectivity index (χ2n) is 5.61. The van der Waals surface area contributed by atoms with Gasteiger partial charge in [-0.2, -0.15) is 0 Å². The number of nitrogens with zero attached hydrogens (tertiary/aromatic N) is 4. The van der Waals surface area contributed by atoms with E-state index in [4.69, 9.17) is 17.2 Å². The molecule has 0 unspecified atom stereocenters. The standard InChI is InChI=1S/C19H17N7O/c20-17-16(18(21)25-12-24-17)7-6-13-3-1-5-15(9-13)26(19(22)27)11-14-4-2-8-23-10-14/h1-5,8-10,12H,11H2,(H2,22,27)(H4,20,21,24,25). The maximum absolute atomic E-state index is 11.9. The number of pyridine rings is 1. The van der Waals surface area contributed by atoms with Crippen molar-refractivity contribution < 1.29 is 4.79 Å². The lowest BCUT2D eigenvalue weighted by Crippen LogP contribution is -2.35. The van der Waals surface area contributed by atoms with Crippen molar-refractivity contribution in [2.75, 3.05) is 16.4 Å². The number of rotatable bonds is 3. The Morgan fingerprint density at radius 1 is 1.07 bits per heavy atom. The Morgan fingerprint density at radius 2 is 1.85 bits per heavy atom. The fourth-order valence-corrected chi connectivity index (χ4v) is 2.40. The average Bonchev–Trinajstić information content (AvgIpc) is 2.66. The first-order valence-electron chi connectivity index (χ1n) is 7.98. The Labute approximate surface area is 156 Å². The van der Waals surface area contributed by atoms with Gasteiger partial charge in [0.15, 0.2) is 0 Å². The number of hydrogen-bond donors (Lipinski definition) is 3. The summed E-state index contributed by atoms with van der Waals surface area (Å²) in [5, 5.41) is 0. The van der Waals surface area contributed by atoms with Gasteiger partial charge in [-0.25, -0.2) is 14.8 Å². The van der Waals surface area contributed by atoms with Crippen molar-refractivity contribution in [2.45, 2.75) is 6.54 Å². The number of carbonyl (C=O) groups is 1. The highest BCUT2D eigenvalue weighted by Gasteiger charge is 2.13. The zero-order valence-electron chi connectivity index (χ0n) is 14.3. The number of primary amides is 1. The third-order valence-corrected chi connectivity index (χ3v) is 3.73. The summed E-state index contributed by atoms with van der Waals surface area (Å²) >= 11 is 0. The number of anilines is 3. The zero-order chi connectivity index (χ0) is 19.2. The van der Waals surface area contributed by atoms with Crippen LogP contribution in [0.15, 0.2) is 55.1 Å². The van der Waals surface area contributed by atoms with Crippen LogP contribution in [0.1, 0.15) is 16.7 Å². The molecule has 0 aliphatic rings. The molecule has 0 radical (unpaired) electrons. The third kappa shape index (κ3) is 4.29. The Morgan fingerprint density at radius 3 is 2.52 bits per heavy atom. The SMILES string of the molecule is NC(=O)N(Cc1cccnc1)c1cccc(C#Cc2c(N)ncnc2N)c1. The lowest BCUT2D eigenvalue weighted by atomic mass is 10.1. The molecular weight excluding hydrogens is 342 g/mol. The normalized spacial score (nSPS) is 9.93. The van der Waals surface area contributed by atoms with Crippen LogP contribution >= 0.6 is 0 Å². The van der Waals surface area contributed by atoms with Crippen molar-refractivity contribution in [3.05, 3.63) is 71.8 Å². The number of hydrogen-bond acceptors (Lipinski definition) is 6. The largest absolute Gasteiger partial charge is 0.382 e. The molecule has 0 spiro atoms. The van der Waals surface area contributed by atoms with Crippen molar-refractivity contribution in [1.29, 1.82) is 0 Å². The van der Waals surface area contributed by atoms with Crippen LogP contribution in [-0.4, -0.2) is 21.0 Å². The molecule has 0 fully saturated rings. The highest BCUT2D eigenvalue weighted by molar-refractivity contribution is 5.90. The molecule has 0 atom stereocenters. The molecule has 6 N–H and O–H groups in total. The van der Waals surface area contributed by atoms with Crippen LogP contribution in [-0.2, 0) is 6.54 Å². The molecule has 0 aliphatic heterocycles. The molecule has 1 aromatic carbocycles. The number of nitrogen functional groups attached to an aromatic ring is 2. The molecule has 2 aromatic heterocycles. The number of aromatic nitrogens is 3. The topological polar surface area (TPSA) is 137 Å². The summed E-state index contributed by atoms with van der Waals surface area (Å²) in [6.45, 7) is 0.298. The van der Waals surface area contributed by atoms with Crippen molar-refractivity contribution in [3.8, 4) is 11.8 Å². The molecule has 0 saturated carbocycles. The van der Waals surface area contributed by atoms with E-state index in [1.54, 1.807) is 42.7 Å². The van der Waals surface area contributed by atoms with E-state index in [0.717, 1.165) is 5.56 Å². The minimum absolute atomic E-state index is 0.210. The van der Waals surface area contributed by atoms with Gasteiger partial charge in [-0.3, -0.25) is 9.88 Å². The smallest absolute Gasteiger partial charge is 0.319 e. The fourth-order valence-electron chi connectivity index (χ4n) is 2.40. The summed E-state index contributed by atoms with van der Waals surface area (Å²) in [5.74, 6) is 6.25.